The van der Waals surface area contributed by atoms with Gasteiger partial charge in [-0.05, 0) is 19.3 Å². The Morgan fingerprint density at radius 2 is 1.50 bits per heavy atom. The molecular weight excluding hydrogens is 180 g/mol. The molecule has 4 heteroatoms. The van der Waals surface area contributed by atoms with Crippen LogP contribution >= 0.6 is 0 Å². The van der Waals surface area contributed by atoms with Gasteiger partial charge in [0.05, 0.1) is 0 Å². The topological polar surface area (TPSA) is 32.8 Å². The van der Waals surface area contributed by atoms with Crippen LogP contribution in [0.4, 0.5) is 4.79 Å². The van der Waals surface area contributed by atoms with Crippen LogP contribution < -0.4 is 0 Å². The molecule has 0 aliphatic carbocycles. The minimum Gasteiger partial charge on any atom is -0.381 e. The fourth-order valence-corrected chi connectivity index (χ4v) is 1.54. The average molecular weight is 200 g/mol. The zero-order chi connectivity index (χ0) is 10.4. The number of nitrogens with zero attached hydrogens (tertiary/aromatic N) is 2. The third-order valence-electron chi connectivity index (χ3n) is 2.47. The van der Waals surface area contributed by atoms with Crippen LogP contribution in [0.2, 0.25) is 0 Å². The lowest BCUT2D eigenvalue weighted by Gasteiger charge is -2.30. The van der Waals surface area contributed by atoms with E-state index in [4.69, 9.17) is 4.74 Å². The molecule has 0 bridgehead atoms. The van der Waals surface area contributed by atoms with E-state index >= 15 is 0 Å². The minimum atomic E-state index is 0.140. The van der Waals surface area contributed by atoms with E-state index < -0.39 is 0 Å². The van der Waals surface area contributed by atoms with Gasteiger partial charge in [0.25, 0.3) is 0 Å². The lowest BCUT2D eigenvalue weighted by atomic mass is 10.3. The van der Waals surface area contributed by atoms with Crippen molar-refractivity contribution in [2.45, 2.75) is 19.3 Å². The number of ether oxygens (including phenoxy) is 1. The van der Waals surface area contributed by atoms with Gasteiger partial charge in [-0.25, -0.2) is 4.79 Å². The zero-order valence-corrected chi connectivity index (χ0v) is 9.16. The highest BCUT2D eigenvalue weighted by atomic mass is 16.5. The van der Waals surface area contributed by atoms with Gasteiger partial charge in [0.2, 0.25) is 0 Å². The predicted octanol–water partition coefficient (Wildman–Crippen LogP) is 1.17. The van der Waals surface area contributed by atoms with Crippen LogP contribution in [0, 0.1) is 0 Å². The summed E-state index contributed by atoms with van der Waals surface area (Å²) >= 11 is 0. The Kier molecular flexibility index (Phi) is 4.73. The summed E-state index contributed by atoms with van der Waals surface area (Å²) in [6.45, 7) is 3.81. The normalized spacial score (nSPS) is 22.0. The Balaban J connectivity index is 0.000000165. The highest BCUT2D eigenvalue weighted by Crippen LogP contribution is 2.02. The van der Waals surface area contributed by atoms with Gasteiger partial charge in [-0.3, -0.25) is 0 Å². The number of urea groups is 1. The van der Waals surface area contributed by atoms with Gasteiger partial charge in [0.15, 0.2) is 0 Å². The highest BCUT2D eigenvalue weighted by Gasteiger charge is 2.17. The molecule has 2 saturated heterocycles. The quantitative estimate of drug-likeness (QED) is 0.588. The van der Waals surface area contributed by atoms with Crippen LogP contribution in [-0.4, -0.2) is 56.2 Å². The molecule has 0 aromatic heterocycles. The summed E-state index contributed by atoms with van der Waals surface area (Å²) in [5.41, 5.74) is 0. The molecule has 0 saturated carbocycles. The van der Waals surface area contributed by atoms with Crippen molar-refractivity contribution in [1.82, 2.24) is 9.80 Å². The molecule has 2 amide bonds. The highest BCUT2D eigenvalue weighted by molar-refractivity contribution is 5.74. The Morgan fingerprint density at radius 3 is 1.79 bits per heavy atom. The van der Waals surface area contributed by atoms with Gasteiger partial charge in [-0.2, -0.15) is 0 Å². The molecule has 14 heavy (non-hydrogen) atoms. The molecule has 0 aromatic carbocycles. The van der Waals surface area contributed by atoms with Crippen LogP contribution in [0.15, 0.2) is 0 Å². The van der Waals surface area contributed by atoms with Gasteiger partial charge in [0, 0.05) is 40.4 Å². The second kappa shape index (κ2) is 5.86. The minimum absolute atomic E-state index is 0.140. The molecule has 2 fully saturated rings. The van der Waals surface area contributed by atoms with Gasteiger partial charge in [0.1, 0.15) is 0 Å². The lowest BCUT2D eigenvalue weighted by molar-refractivity contribution is 0.153. The molecule has 2 heterocycles. The molecule has 2 rings (SSSR count). The third-order valence-corrected chi connectivity index (χ3v) is 2.47. The number of hydrogen-bond donors (Lipinski definition) is 0. The first-order chi connectivity index (χ1) is 6.72. The van der Waals surface area contributed by atoms with E-state index in [-0.39, 0.29) is 6.03 Å². The van der Waals surface area contributed by atoms with E-state index in [9.17, 15) is 4.79 Å². The second-order valence-corrected chi connectivity index (χ2v) is 3.80. The zero-order valence-electron chi connectivity index (χ0n) is 9.16. The van der Waals surface area contributed by atoms with Crippen molar-refractivity contribution in [2.24, 2.45) is 0 Å². The van der Waals surface area contributed by atoms with E-state index in [0.717, 1.165) is 32.7 Å². The van der Waals surface area contributed by atoms with E-state index in [2.05, 4.69) is 0 Å². The molecule has 2 aliphatic rings. The van der Waals surface area contributed by atoms with Crippen LogP contribution in [0.3, 0.4) is 0 Å². The van der Waals surface area contributed by atoms with E-state index in [1.165, 1.54) is 12.8 Å². The van der Waals surface area contributed by atoms with Crippen molar-refractivity contribution in [3.63, 3.8) is 0 Å². The molecule has 82 valence electrons. The smallest absolute Gasteiger partial charge is 0.319 e. The van der Waals surface area contributed by atoms with Gasteiger partial charge >= 0.3 is 6.03 Å². The first-order valence-electron chi connectivity index (χ1n) is 5.26. The molecule has 4 nitrogen and oxygen atoms in total. The van der Waals surface area contributed by atoms with E-state index in [1.807, 2.05) is 14.1 Å². The number of carbonyl (C=O) groups is 1. The molecule has 2 aliphatic heterocycles. The molecular formula is C10H20N2O2. The van der Waals surface area contributed by atoms with E-state index in [0.29, 0.717) is 0 Å². The van der Waals surface area contributed by atoms with Crippen molar-refractivity contribution in [3.8, 4) is 0 Å². The predicted molar refractivity (Wildman–Crippen MR) is 55.3 cm³/mol. The maximum Gasteiger partial charge on any atom is 0.319 e. The lowest BCUT2D eigenvalue weighted by Crippen LogP contribution is -2.44. The molecule has 0 spiro atoms. The molecule has 0 atom stereocenters. The van der Waals surface area contributed by atoms with Crippen molar-refractivity contribution < 1.29 is 9.53 Å². The van der Waals surface area contributed by atoms with Crippen molar-refractivity contribution >= 4 is 6.03 Å². The van der Waals surface area contributed by atoms with Gasteiger partial charge < -0.3 is 14.5 Å². The monoisotopic (exact) mass is 200 g/mol. The van der Waals surface area contributed by atoms with E-state index in [1.54, 1.807) is 9.80 Å². The maximum absolute atomic E-state index is 11.0. The van der Waals surface area contributed by atoms with Crippen LogP contribution in [0.25, 0.3) is 0 Å². The number of hydrogen-bond acceptors (Lipinski definition) is 2. The van der Waals surface area contributed by atoms with Gasteiger partial charge in [-0.15, -0.1) is 0 Å². The first-order valence-corrected chi connectivity index (χ1v) is 5.26. The van der Waals surface area contributed by atoms with Crippen molar-refractivity contribution in [2.75, 3.05) is 40.4 Å². The maximum atomic E-state index is 11.0. The fraction of sp³-hybridized carbons (Fsp3) is 0.900. The SMILES string of the molecule is C1CCOC1.CN1CCCN(C)C1=O. The summed E-state index contributed by atoms with van der Waals surface area (Å²) in [4.78, 5) is 14.5. The Labute approximate surface area is 85.8 Å². The summed E-state index contributed by atoms with van der Waals surface area (Å²) in [6, 6.07) is 0.140. The summed E-state index contributed by atoms with van der Waals surface area (Å²) in [7, 11) is 3.66. The second-order valence-electron chi connectivity index (χ2n) is 3.80. The van der Waals surface area contributed by atoms with Crippen molar-refractivity contribution in [3.05, 3.63) is 0 Å². The Morgan fingerprint density at radius 1 is 1.00 bits per heavy atom. The summed E-state index contributed by atoms with van der Waals surface area (Å²) < 4.78 is 4.94. The van der Waals surface area contributed by atoms with Crippen LogP contribution in [0.1, 0.15) is 19.3 Å². The van der Waals surface area contributed by atoms with Gasteiger partial charge in [-0.1, -0.05) is 0 Å². The molecule has 0 radical (unpaired) electrons. The Bertz CT molecular complexity index is 161. The summed E-state index contributed by atoms with van der Waals surface area (Å²) in [5.74, 6) is 0. The number of rotatable bonds is 0. The Hall–Kier alpha value is -0.770. The third kappa shape index (κ3) is 3.54. The summed E-state index contributed by atoms with van der Waals surface area (Å²) in [5, 5.41) is 0. The number of carbonyl (C=O) groups excluding carboxylic acids is 1. The molecule has 0 N–H and O–H groups in total. The molecule has 0 aromatic rings. The standard InChI is InChI=1S/C6H12N2O.C4H8O/c1-7-4-3-5-8(2)6(7)9;1-2-4-5-3-1/h3-5H2,1-2H3;1-4H2. The average Bonchev–Trinajstić information content (AvgIpc) is 2.72. The first kappa shape index (κ1) is 11.3. The fourth-order valence-electron chi connectivity index (χ4n) is 1.54. The van der Waals surface area contributed by atoms with Crippen molar-refractivity contribution in [1.29, 1.82) is 0 Å². The summed E-state index contributed by atoms with van der Waals surface area (Å²) in [6.07, 6.45) is 3.65. The number of amides is 2. The largest absolute Gasteiger partial charge is 0.381 e. The van der Waals surface area contributed by atoms with Crippen LogP contribution in [-0.2, 0) is 4.74 Å². The molecule has 0 unspecified atom stereocenters. The van der Waals surface area contributed by atoms with Crippen LogP contribution in [0.5, 0.6) is 0 Å².